The van der Waals surface area contributed by atoms with Crippen LogP contribution in [0.3, 0.4) is 0 Å². The molecule has 36 heavy (non-hydrogen) atoms. The van der Waals surface area contributed by atoms with Crippen molar-refractivity contribution in [3.63, 3.8) is 0 Å². The molecule has 0 aliphatic heterocycles. The van der Waals surface area contributed by atoms with Crippen LogP contribution in [-0.2, 0) is 6.42 Å². The second-order valence-electron chi connectivity index (χ2n) is 9.06. The molecule has 0 aliphatic carbocycles. The summed E-state index contributed by atoms with van der Waals surface area (Å²) in [5.74, 6) is -2.37. The van der Waals surface area contributed by atoms with Crippen LogP contribution in [0.15, 0.2) is 60.7 Å². The maximum Gasteiger partial charge on any atom is 0.343 e. The number of carbonyl (C=O) groups excluding carboxylic acids is 1. The average molecular weight is 495 g/mol. The van der Waals surface area contributed by atoms with E-state index in [1.54, 1.807) is 24.3 Å². The summed E-state index contributed by atoms with van der Waals surface area (Å²) in [5.41, 5.74) is 2.47. The zero-order valence-electron chi connectivity index (χ0n) is 21.3. The molecule has 0 aliphatic rings. The lowest BCUT2D eigenvalue weighted by molar-refractivity contribution is 0.0726. The second kappa shape index (κ2) is 14.4. The third-order valence-corrected chi connectivity index (χ3v) is 6.20. The summed E-state index contributed by atoms with van der Waals surface area (Å²) in [6, 6.07) is 17.4. The molecule has 5 heteroatoms. The van der Waals surface area contributed by atoms with Gasteiger partial charge in [-0.05, 0) is 66.3 Å². The fraction of sp³-hybridized carbons (Fsp3) is 0.387. The summed E-state index contributed by atoms with van der Waals surface area (Å²) in [6.07, 6.45) is 8.97. The molecule has 192 valence electrons. The summed E-state index contributed by atoms with van der Waals surface area (Å²) < 4.78 is 39.9. The van der Waals surface area contributed by atoms with Gasteiger partial charge < -0.3 is 9.47 Å². The fourth-order valence-corrected chi connectivity index (χ4v) is 4.01. The Balaban J connectivity index is 1.57. The van der Waals surface area contributed by atoms with Crippen LogP contribution in [0.5, 0.6) is 11.5 Å². The lowest BCUT2D eigenvalue weighted by atomic mass is 10.0. The summed E-state index contributed by atoms with van der Waals surface area (Å²) in [4.78, 5) is 12.5. The van der Waals surface area contributed by atoms with Gasteiger partial charge in [-0.2, -0.15) is 4.39 Å². The smallest absolute Gasteiger partial charge is 0.343 e. The third kappa shape index (κ3) is 7.91. The maximum atomic E-state index is 14.5. The number of ether oxygens (including phenoxy) is 2. The van der Waals surface area contributed by atoms with E-state index in [2.05, 4.69) is 13.8 Å². The molecule has 0 bridgehead atoms. The Morgan fingerprint density at radius 1 is 0.694 bits per heavy atom. The molecular formula is C31H36F2O3. The van der Waals surface area contributed by atoms with Gasteiger partial charge in [-0.3, -0.25) is 0 Å². The highest BCUT2D eigenvalue weighted by atomic mass is 19.2. The van der Waals surface area contributed by atoms with Crippen molar-refractivity contribution in [3.8, 4) is 22.6 Å². The van der Waals surface area contributed by atoms with Crippen LogP contribution in [0.1, 0.15) is 81.1 Å². The van der Waals surface area contributed by atoms with Crippen LogP contribution in [0.2, 0.25) is 0 Å². The first kappa shape index (κ1) is 27.4. The van der Waals surface area contributed by atoms with Crippen LogP contribution < -0.4 is 9.47 Å². The number of carbonyl (C=O) groups is 1. The highest BCUT2D eigenvalue weighted by Gasteiger charge is 2.18. The monoisotopic (exact) mass is 494 g/mol. The Labute approximate surface area is 213 Å². The van der Waals surface area contributed by atoms with Crippen molar-refractivity contribution >= 4 is 5.97 Å². The molecule has 0 atom stereocenters. The topological polar surface area (TPSA) is 35.5 Å². The van der Waals surface area contributed by atoms with Gasteiger partial charge in [-0.1, -0.05) is 82.7 Å². The second-order valence-corrected chi connectivity index (χ2v) is 9.06. The molecule has 3 aromatic carbocycles. The summed E-state index contributed by atoms with van der Waals surface area (Å²) in [6.45, 7) is 5.00. The molecular weight excluding hydrogens is 458 g/mol. The molecule has 0 unspecified atom stereocenters. The largest absolute Gasteiger partial charge is 0.494 e. The molecule has 0 spiro atoms. The first-order valence-electron chi connectivity index (χ1n) is 13.1. The van der Waals surface area contributed by atoms with Gasteiger partial charge >= 0.3 is 5.97 Å². The fourth-order valence-electron chi connectivity index (χ4n) is 4.01. The Morgan fingerprint density at radius 3 is 1.97 bits per heavy atom. The minimum atomic E-state index is -1.12. The molecule has 0 amide bonds. The minimum Gasteiger partial charge on any atom is -0.494 e. The van der Waals surface area contributed by atoms with Crippen LogP contribution >= 0.6 is 0 Å². The van der Waals surface area contributed by atoms with E-state index in [1.165, 1.54) is 12.1 Å². The van der Waals surface area contributed by atoms with Gasteiger partial charge in [0.15, 0.2) is 11.6 Å². The summed E-state index contributed by atoms with van der Waals surface area (Å²) >= 11 is 0. The van der Waals surface area contributed by atoms with E-state index < -0.39 is 23.4 Å². The minimum absolute atomic E-state index is 0.259. The number of unbranched alkanes of at least 4 members (excludes halogenated alkanes) is 6. The van der Waals surface area contributed by atoms with E-state index in [0.717, 1.165) is 68.2 Å². The number of hydrogen-bond donors (Lipinski definition) is 0. The lowest BCUT2D eigenvalue weighted by Gasteiger charge is -2.10. The highest BCUT2D eigenvalue weighted by Crippen LogP contribution is 2.26. The predicted molar refractivity (Wildman–Crippen MR) is 141 cm³/mol. The van der Waals surface area contributed by atoms with Crippen LogP contribution in [-0.4, -0.2) is 12.6 Å². The Bertz CT molecular complexity index is 1090. The van der Waals surface area contributed by atoms with Crippen LogP contribution in [0, 0.1) is 11.6 Å². The first-order chi connectivity index (χ1) is 17.5. The van der Waals surface area contributed by atoms with E-state index >= 15 is 0 Å². The van der Waals surface area contributed by atoms with Crippen molar-refractivity contribution < 1.29 is 23.0 Å². The van der Waals surface area contributed by atoms with Gasteiger partial charge in [-0.25, -0.2) is 9.18 Å². The molecule has 0 N–H and O–H groups in total. The molecule has 3 nitrogen and oxygen atoms in total. The van der Waals surface area contributed by atoms with E-state index in [4.69, 9.17) is 9.47 Å². The van der Waals surface area contributed by atoms with Gasteiger partial charge in [0.05, 0.1) is 12.2 Å². The zero-order valence-corrected chi connectivity index (χ0v) is 21.3. The number of aryl methyl sites for hydroxylation is 1. The normalized spacial score (nSPS) is 10.9. The molecule has 3 aromatic rings. The van der Waals surface area contributed by atoms with Crippen molar-refractivity contribution in [2.45, 2.75) is 71.6 Å². The molecule has 0 saturated heterocycles. The molecule has 3 rings (SSSR count). The van der Waals surface area contributed by atoms with Crippen molar-refractivity contribution in [2.75, 3.05) is 6.61 Å². The number of rotatable bonds is 14. The third-order valence-electron chi connectivity index (χ3n) is 6.20. The van der Waals surface area contributed by atoms with Gasteiger partial charge in [0.1, 0.15) is 5.75 Å². The summed E-state index contributed by atoms with van der Waals surface area (Å²) in [7, 11) is 0. The van der Waals surface area contributed by atoms with Crippen molar-refractivity contribution in [1.29, 1.82) is 0 Å². The molecule has 0 radical (unpaired) electrons. The quantitative estimate of drug-likeness (QED) is 0.127. The zero-order chi connectivity index (χ0) is 25.8. The van der Waals surface area contributed by atoms with Crippen LogP contribution in [0.4, 0.5) is 8.78 Å². The van der Waals surface area contributed by atoms with Crippen molar-refractivity contribution in [1.82, 2.24) is 0 Å². The number of hydrogen-bond acceptors (Lipinski definition) is 3. The molecule has 0 fully saturated rings. The van der Waals surface area contributed by atoms with Gasteiger partial charge in [0.2, 0.25) is 5.82 Å². The molecule has 0 aromatic heterocycles. The van der Waals surface area contributed by atoms with E-state index in [1.807, 2.05) is 24.3 Å². The van der Waals surface area contributed by atoms with E-state index in [-0.39, 0.29) is 5.56 Å². The molecule has 0 saturated carbocycles. The van der Waals surface area contributed by atoms with Gasteiger partial charge in [-0.15, -0.1) is 0 Å². The van der Waals surface area contributed by atoms with Crippen molar-refractivity contribution in [2.24, 2.45) is 0 Å². The summed E-state index contributed by atoms with van der Waals surface area (Å²) in [5, 5.41) is 0. The number of esters is 1. The Kier molecular flexibility index (Phi) is 10.9. The lowest BCUT2D eigenvalue weighted by Crippen LogP contribution is -2.10. The number of benzene rings is 3. The maximum absolute atomic E-state index is 14.5. The first-order valence-corrected chi connectivity index (χ1v) is 13.1. The SMILES string of the molecule is CCCCCCCc1ccc(OC(=O)c2ccc(-c3ccc(OCCCCC)cc3)cc2)c(F)c1F. The van der Waals surface area contributed by atoms with Crippen molar-refractivity contribution in [3.05, 3.63) is 83.4 Å². The Hall–Kier alpha value is -3.21. The van der Waals surface area contributed by atoms with E-state index in [9.17, 15) is 13.6 Å². The Morgan fingerprint density at radius 2 is 1.31 bits per heavy atom. The average Bonchev–Trinajstić information content (AvgIpc) is 2.91. The highest BCUT2D eigenvalue weighted by molar-refractivity contribution is 5.91. The number of halogens is 2. The molecule has 0 heterocycles. The van der Waals surface area contributed by atoms with E-state index in [0.29, 0.717) is 18.6 Å². The van der Waals surface area contributed by atoms with Gasteiger partial charge in [0, 0.05) is 0 Å². The standard InChI is InChI=1S/C31H36F2O3/c1-3-5-7-8-9-11-25-18-21-28(30(33)29(25)32)36-31(34)26-14-12-23(13-15-26)24-16-19-27(20-17-24)35-22-10-6-4-2/h12-21H,3-11,22H2,1-2H3. The predicted octanol–water partition coefficient (Wildman–Crippen LogP) is 8.93. The van der Waals surface area contributed by atoms with Crippen LogP contribution in [0.25, 0.3) is 11.1 Å². The van der Waals surface area contributed by atoms with Gasteiger partial charge in [0.25, 0.3) is 0 Å².